The number of carbonyl (C=O) groups is 1. The molecule has 2 N–H and O–H groups in total. The van der Waals surface area contributed by atoms with Crippen LogP contribution < -0.4 is 5.32 Å². The first-order valence-corrected chi connectivity index (χ1v) is 8.07. The summed E-state index contributed by atoms with van der Waals surface area (Å²) in [5.74, 6) is 0.698. The van der Waals surface area contributed by atoms with Gasteiger partial charge in [-0.2, -0.15) is 0 Å². The third kappa shape index (κ3) is 3.33. The Hall–Kier alpha value is -1.81. The smallest absolute Gasteiger partial charge is 0.227 e. The Labute approximate surface area is 135 Å². The molecule has 1 aliphatic rings. The summed E-state index contributed by atoms with van der Waals surface area (Å²) in [6, 6.07) is 8.03. The fraction of sp³-hybridized carbons (Fsp3) is 0.412. The number of hydrogen-bond donors (Lipinski definition) is 2. The Morgan fingerprint density at radius 3 is 2.86 bits per heavy atom. The lowest BCUT2D eigenvalue weighted by atomic mass is 9.79. The molecule has 1 fully saturated rings. The van der Waals surface area contributed by atoms with E-state index in [0.29, 0.717) is 18.8 Å². The average molecular weight is 318 g/mol. The summed E-state index contributed by atoms with van der Waals surface area (Å²) in [6.07, 6.45) is 8.25. The van der Waals surface area contributed by atoms with Gasteiger partial charge in [-0.3, -0.25) is 4.79 Å². The SMILES string of the molecule is O=C(Cc1ncc[nH]1)NCC1(c2cccc(Cl)c2)CCCC1. The summed E-state index contributed by atoms with van der Waals surface area (Å²) >= 11 is 6.14. The highest BCUT2D eigenvalue weighted by Gasteiger charge is 2.36. The van der Waals surface area contributed by atoms with Crippen LogP contribution in [0.25, 0.3) is 0 Å². The molecule has 22 heavy (non-hydrogen) atoms. The van der Waals surface area contributed by atoms with E-state index >= 15 is 0 Å². The highest BCUT2D eigenvalue weighted by atomic mass is 35.5. The summed E-state index contributed by atoms with van der Waals surface area (Å²) in [7, 11) is 0. The van der Waals surface area contributed by atoms with Crippen LogP contribution in [0.4, 0.5) is 0 Å². The van der Waals surface area contributed by atoms with Gasteiger partial charge in [0, 0.05) is 29.4 Å². The van der Waals surface area contributed by atoms with Gasteiger partial charge < -0.3 is 10.3 Å². The highest BCUT2D eigenvalue weighted by Crippen LogP contribution is 2.41. The molecule has 0 saturated heterocycles. The Kier molecular flexibility index (Phi) is 4.48. The van der Waals surface area contributed by atoms with E-state index in [1.165, 1.54) is 18.4 Å². The van der Waals surface area contributed by atoms with E-state index in [2.05, 4.69) is 21.4 Å². The first-order valence-electron chi connectivity index (χ1n) is 7.69. The van der Waals surface area contributed by atoms with Crippen molar-refractivity contribution in [2.24, 2.45) is 0 Å². The van der Waals surface area contributed by atoms with Crippen molar-refractivity contribution in [3.63, 3.8) is 0 Å². The summed E-state index contributed by atoms with van der Waals surface area (Å²) in [5, 5.41) is 3.83. The van der Waals surface area contributed by atoms with Crippen LogP contribution in [-0.4, -0.2) is 22.4 Å². The maximum Gasteiger partial charge on any atom is 0.227 e. The highest BCUT2D eigenvalue weighted by molar-refractivity contribution is 6.30. The molecule has 1 heterocycles. The largest absolute Gasteiger partial charge is 0.355 e. The van der Waals surface area contributed by atoms with Crippen LogP contribution in [0.5, 0.6) is 0 Å². The van der Waals surface area contributed by atoms with Gasteiger partial charge in [-0.1, -0.05) is 36.6 Å². The van der Waals surface area contributed by atoms with E-state index < -0.39 is 0 Å². The first-order chi connectivity index (χ1) is 10.7. The van der Waals surface area contributed by atoms with Crippen LogP contribution in [0.3, 0.4) is 0 Å². The molecule has 1 saturated carbocycles. The lowest BCUT2D eigenvalue weighted by Crippen LogP contribution is -2.39. The summed E-state index contributed by atoms with van der Waals surface area (Å²) in [5.41, 5.74) is 1.25. The number of rotatable bonds is 5. The lowest BCUT2D eigenvalue weighted by molar-refractivity contribution is -0.120. The number of nitrogens with zero attached hydrogens (tertiary/aromatic N) is 1. The Bertz CT molecular complexity index is 633. The molecule has 0 spiro atoms. The molecule has 0 unspecified atom stereocenters. The molecular weight excluding hydrogens is 298 g/mol. The average Bonchev–Trinajstić information content (AvgIpc) is 3.17. The maximum atomic E-state index is 12.1. The van der Waals surface area contributed by atoms with Crippen LogP contribution in [0.15, 0.2) is 36.7 Å². The number of aromatic nitrogens is 2. The second-order valence-corrected chi connectivity index (χ2v) is 6.42. The summed E-state index contributed by atoms with van der Waals surface area (Å²) < 4.78 is 0. The van der Waals surface area contributed by atoms with Gasteiger partial charge >= 0.3 is 0 Å². The third-order valence-corrected chi connectivity index (χ3v) is 4.74. The number of benzene rings is 1. The minimum Gasteiger partial charge on any atom is -0.355 e. The molecule has 3 rings (SSSR count). The topological polar surface area (TPSA) is 57.8 Å². The molecule has 0 bridgehead atoms. The lowest BCUT2D eigenvalue weighted by Gasteiger charge is -2.30. The Morgan fingerprint density at radius 2 is 2.18 bits per heavy atom. The van der Waals surface area contributed by atoms with Crippen molar-refractivity contribution in [2.45, 2.75) is 37.5 Å². The fourth-order valence-corrected chi connectivity index (χ4v) is 3.50. The number of halogens is 1. The van der Waals surface area contributed by atoms with E-state index in [4.69, 9.17) is 11.6 Å². The fourth-order valence-electron chi connectivity index (χ4n) is 3.31. The van der Waals surface area contributed by atoms with Gasteiger partial charge in [0.2, 0.25) is 5.91 Å². The monoisotopic (exact) mass is 317 g/mol. The zero-order valence-electron chi connectivity index (χ0n) is 12.4. The van der Waals surface area contributed by atoms with Crippen LogP contribution >= 0.6 is 11.6 Å². The Balaban J connectivity index is 1.68. The van der Waals surface area contributed by atoms with Crippen molar-refractivity contribution in [1.82, 2.24) is 15.3 Å². The standard InChI is InChI=1S/C17H20ClN3O/c18-14-5-3-4-13(10-14)17(6-1-2-7-17)12-21-16(22)11-15-19-8-9-20-15/h3-5,8-10H,1-2,6-7,11-12H2,(H,19,20)(H,21,22). The maximum absolute atomic E-state index is 12.1. The number of nitrogens with one attached hydrogen (secondary N) is 2. The summed E-state index contributed by atoms with van der Waals surface area (Å²) in [4.78, 5) is 19.2. The van der Waals surface area contributed by atoms with Crippen LogP contribution in [-0.2, 0) is 16.6 Å². The van der Waals surface area contributed by atoms with Crippen LogP contribution in [0.2, 0.25) is 5.02 Å². The molecule has 1 aromatic heterocycles. The van der Waals surface area contributed by atoms with Crippen molar-refractivity contribution >= 4 is 17.5 Å². The number of imidazole rings is 1. The molecule has 1 amide bonds. The van der Waals surface area contributed by atoms with Gasteiger partial charge in [0.25, 0.3) is 0 Å². The molecule has 1 aromatic carbocycles. The third-order valence-electron chi connectivity index (χ3n) is 4.50. The van der Waals surface area contributed by atoms with Gasteiger partial charge in [0.15, 0.2) is 0 Å². The van der Waals surface area contributed by atoms with Crippen molar-refractivity contribution in [1.29, 1.82) is 0 Å². The number of H-pyrrole nitrogens is 1. The van der Waals surface area contributed by atoms with Gasteiger partial charge in [-0.15, -0.1) is 0 Å². The van der Waals surface area contributed by atoms with Gasteiger partial charge in [0.05, 0.1) is 6.42 Å². The number of aromatic amines is 1. The predicted molar refractivity (Wildman–Crippen MR) is 86.9 cm³/mol. The van der Waals surface area contributed by atoms with E-state index in [9.17, 15) is 4.79 Å². The molecule has 2 aromatic rings. The second kappa shape index (κ2) is 6.53. The van der Waals surface area contributed by atoms with Crippen molar-refractivity contribution < 1.29 is 4.79 Å². The van der Waals surface area contributed by atoms with E-state index in [-0.39, 0.29) is 11.3 Å². The molecule has 4 nitrogen and oxygen atoms in total. The van der Waals surface area contributed by atoms with E-state index in [1.54, 1.807) is 12.4 Å². The van der Waals surface area contributed by atoms with E-state index in [1.807, 2.05) is 18.2 Å². The van der Waals surface area contributed by atoms with Crippen LogP contribution in [0, 0.1) is 0 Å². The van der Waals surface area contributed by atoms with Crippen LogP contribution in [0.1, 0.15) is 37.1 Å². The van der Waals surface area contributed by atoms with Crippen molar-refractivity contribution in [3.8, 4) is 0 Å². The minimum atomic E-state index is 0.00301. The molecule has 5 heteroatoms. The molecule has 0 radical (unpaired) electrons. The first kappa shape index (κ1) is 15.1. The van der Waals surface area contributed by atoms with E-state index in [0.717, 1.165) is 17.9 Å². The predicted octanol–water partition coefficient (Wildman–Crippen LogP) is 3.23. The quantitative estimate of drug-likeness (QED) is 0.889. The van der Waals surface area contributed by atoms with Crippen molar-refractivity contribution in [2.75, 3.05) is 6.54 Å². The molecule has 0 aliphatic heterocycles. The molecule has 1 aliphatic carbocycles. The van der Waals surface area contributed by atoms with Gasteiger partial charge in [-0.25, -0.2) is 4.98 Å². The Morgan fingerprint density at radius 1 is 1.36 bits per heavy atom. The number of carbonyl (C=O) groups excluding carboxylic acids is 1. The summed E-state index contributed by atoms with van der Waals surface area (Å²) in [6.45, 7) is 0.660. The zero-order chi connectivity index (χ0) is 15.4. The zero-order valence-corrected chi connectivity index (χ0v) is 13.2. The van der Waals surface area contributed by atoms with Gasteiger partial charge in [0.1, 0.15) is 5.82 Å². The molecular formula is C17H20ClN3O. The number of hydrogen-bond acceptors (Lipinski definition) is 2. The second-order valence-electron chi connectivity index (χ2n) is 5.99. The normalized spacial score (nSPS) is 16.6. The van der Waals surface area contributed by atoms with Crippen molar-refractivity contribution in [3.05, 3.63) is 53.1 Å². The molecule has 0 atom stereocenters. The number of amides is 1. The van der Waals surface area contributed by atoms with Gasteiger partial charge in [-0.05, 0) is 30.5 Å². The molecule has 116 valence electrons. The minimum absolute atomic E-state index is 0.00301.